The molecule has 19 heavy (non-hydrogen) atoms. The second-order valence-corrected chi connectivity index (χ2v) is 4.22. The molecule has 2 aromatic carbocycles. The van der Waals surface area contributed by atoms with Crippen LogP contribution in [0.1, 0.15) is 0 Å². The molecular formula is C14H14N2O3. The van der Waals surface area contributed by atoms with Gasteiger partial charge in [-0.2, -0.15) is 0 Å². The van der Waals surface area contributed by atoms with E-state index in [-0.39, 0.29) is 11.4 Å². The molecule has 0 atom stereocenters. The lowest BCUT2D eigenvalue weighted by Crippen LogP contribution is -2.08. The Labute approximate surface area is 111 Å². The smallest absolute Gasteiger partial charge is 0.311 e. The van der Waals surface area contributed by atoms with Gasteiger partial charge in [0.2, 0.25) is 5.75 Å². The third kappa shape index (κ3) is 3.01. The Morgan fingerprint density at radius 1 is 1.11 bits per heavy atom. The Balaban J connectivity index is 2.41. The molecular weight excluding hydrogens is 244 g/mol. The van der Waals surface area contributed by atoms with E-state index in [0.29, 0.717) is 5.75 Å². The van der Waals surface area contributed by atoms with E-state index in [0.717, 1.165) is 5.69 Å². The molecule has 0 aromatic heterocycles. The summed E-state index contributed by atoms with van der Waals surface area (Å²) in [5.41, 5.74) is 0.797. The number of nitro benzene ring substituents is 1. The predicted octanol–water partition coefficient (Wildman–Crippen LogP) is 3.45. The summed E-state index contributed by atoms with van der Waals surface area (Å²) in [4.78, 5) is 12.4. The molecule has 0 fully saturated rings. The SMILES string of the molecule is CN(C)c1ccc([N+](=O)[O-])c(Oc2ccccc2)c1. The van der Waals surface area contributed by atoms with Crippen LogP contribution in [0.5, 0.6) is 11.5 Å². The van der Waals surface area contributed by atoms with Gasteiger partial charge in [-0.3, -0.25) is 10.1 Å². The van der Waals surface area contributed by atoms with Gasteiger partial charge in [-0.1, -0.05) is 18.2 Å². The maximum Gasteiger partial charge on any atom is 0.311 e. The lowest BCUT2D eigenvalue weighted by molar-refractivity contribution is -0.385. The zero-order valence-electron chi connectivity index (χ0n) is 10.7. The van der Waals surface area contributed by atoms with Gasteiger partial charge in [-0.15, -0.1) is 0 Å². The second-order valence-electron chi connectivity index (χ2n) is 4.22. The standard InChI is InChI=1S/C14H14N2O3/c1-15(2)11-8-9-13(16(17)18)14(10-11)19-12-6-4-3-5-7-12/h3-10H,1-2H3. The Bertz CT molecular complexity index is 582. The van der Waals surface area contributed by atoms with Gasteiger partial charge in [0.1, 0.15) is 5.75 Å². The highest BCUT2D eigenvalue weighted by Gasteiger charge is 2.16. The van der Waals surface area contributed by atoms with Crippen molar-refractivity contribution in [1.29, 1.82) is 0 Å². The van der Waals surface area contributed by atoms with E-state index < -0.39 is 4.92 Å². The Hall–Kier alpha value is -2.56. The lowest BCUT2D eigenvalue weighted by atomic mass is 10.2. The van der Waals surface area contributed by atoms with Crippen LogP contribution in [0, 0.1) is 10.1 Å². The Kier molecular flexibility index (Phi) is 3.66. The molecule has 0 aliphatic heterocycles. The summed E-state index contributed by atoms with van der Waals surface area (Å²) in [7, 11) is 3.74. The van der Waals surface area contributed by atoms with Crippen molar-refractivity contribution in [2.75, 3.05) is 19.0 Å². The maximum absolute atomic E-state index is 11.0. The highest BCUT2D eigenvalue weighted by atomic mass is 16.6. The van der Waals surface area contributed by atoms with Crippen molar-refractivity contribution in [2.45, 2.75) is 0 Å². The minimum atomic E-state index is -0.447. The Morgan fingerprint density at radius 3 is 2.37 bits per heavy atom. The number of benzene rings is 2. The van der Waals surface area contributed by atoms with Crippen LogP contribution in [0.15, 0.2) is 48.5 Å². The number of para-hydroxylation sites is 1. The van der Waals surface area contributed by atoms with Gasteiger partial charge in [0.25, 0.3) is 0 Å². The third-order valence-electron chi connectivity index (χ3n) is 2.63. The molecule has 5 heteroatoms. The van der Waals surface area contributed by atoms with Gasteiger partial charge >= 0.3 is 5.69 Å². The summed E-state index contributed by atoms with van der Waals surface area (Å²) in [6, 6.07) is 13.8. The highest BCUT2D eigenvalue weighted by molar-refractivity contribution is 5.59. The molecule has 0 spiro atoms. The van der Waals surface area contributed by atoms with Gasteiger partial charge < -0.3 is 9.64 Å². The number of nitro groups is 1. The maximum atomic E-state index is 11.0. The summed E-state index contributed by atoms with van der Waals surface area (Å²) < 4.78 is 5.59. The zero-order valence-corrected chi connectivity index (χ0v) is 10.7. The summed E-state index contributed by atoms with van der Waals surface area (Å²) in [6.07, 6.45) is 0. The summed E-state index contributed by atoms with van der Waals surface area (Å²) in [5.74, 6) is 0.809. The van der Waals surface area contributed by atoms with E-state index in [2.05, 4.69) is 0 Å². The number of hydrogen-bond acceptors (Lipinski definition) is 4. The Morgan fingerprint density at radius 2 is 1.79 bits per heavy atom. The third-order valence-corrected chi connectivity index (χ3v) is 2.63. The van der Waals surface area contributed by atoms with Crippen molar-refractivity contribution in [3.63, 3.8) is 0 Å². The van der Waals surface area contributed by atoms with Gasteiger partial charge in [0.15, 0.2) is 0 Å². The largest absolute Gasteiger partial charge is 0.450 e. The quantitative estimate of drug-likeness (QED) is 0.622. The lowest BCUT2D eigenvalue weighted by Gasteiger charge is -2.14. The van der Waals surface area contributed by atoms with E-state index in [1.54, 1.807) is 24.3 Å². The first-order chi connectivity index (χ1) is 9.08. The van der Waals surface area contributed by atoms with Crippen molar-refractivity contribution < 1.29 is 9.66 Å². The first kappa shape index (κ1) is 12.9. The fraction of sp³-hybridized carbons (Fsp3) is 0.143. The van der Waals surface area contributed by atoms with Crippen LogP contribution in [0.4, 0.5) is 11.4 Å². The molecule has 0 radical (unpaired) electrons. The molecule has 0 N–H and O–H groups in total. The predicted molar refractivity (Wildman–Crippen MR) is 73.9 cm³/mol. The normalized spacial score (nSPS) is 10.0. The molecule has 0 heterocycles. The van der Waals surface area contributed by atoms with Gasteiger partial charge in [-0.05, 0) is 18.2 Å². The molecule has 0 aliphatic carbocycles. The van der Waals surface area contributed by atoms with Crippen molar-refractivity contribution in [1.82, 2.24) is 0 Å². The first-order valence-corrected chi connectivity index (χ1v) is 5.76. The molecule has 2 aromatic rings. The van der Waals surface area contributed by atoms with Crippen LogP contribution >= 0.6 is 0 Å². The van der Waals surface area contributed by atoms with Gasteiger partial charge in [-0.25, -0.2) is 0 Å². The van der Waals surface area contributed by atoms with Crippen LogP contribution < -0.4 is 9.64 Å². The summed E-state index contributed by atoms with van der Waals surface area (Å²) in [5, 5.41) is 11.0. The van der Waals surface area contributed by atoms with Crippen LogP contribution in [-0.4, -0.2) is 19.0 Å². The monoisotopic (exact) mass is 258 g/mol. The highest BCUT2D eigenvalue weighted by Crippen LogP contribution is 2.34. The first-order valence-electron chi connectivity index (χ1n) is 5.76. The van der Waals surface area contributed by atoms with E-state index in [1.165, 1.54) is 6.07 Å². The fourth-order valence-corrected chi connectivity index (χ4v) is 1.63. The van der Waals surface area contributed by atoms with E-state index in [1.807, 2.05) is 37.2 Å². The average molecular weight is 258 g/mol. The van der Waals surface area contributed by atoms with Crippen LogP contribution in [-0.2, 0) is 0 Å². The van der Waals surface area contributed by atoms with Crippen molar-refractivity contribution in [3.8, 4) is 11.5 Å². The van der Waals surface area contributed by atoms with E-state index >= 15 is 0 Å². The second kappa shape index (κ2) is 5.39. The number of anilines is 1. The summed E-state index contributed by atoms with van der Waals surface area (Å²) >= 11 is 0. The average Bonchev–Trinajstić information content (AvgIpc) is 2.39. The van der Waals surface area contributed by atoms with Crippen molar-refractivity contribution in [2.24, 2.45) is 0 Å². The molecule has 0 saturated carbocycles. The summed E-state index contributed by atoms with van der Waals surface area (Å²) in [6.45, 7) is 0. The number of hydrogen-bond donors (Lipinski definition) is 0. The molecule has 0 amide bonds. The van der Waals surface area contributed by atoms with Crippen LogP contribution in [0.3, 0.4) is 0 Å². The minimum Gasteiger partial charge on any atom is -0.450 e. The molecule has 0 bridgehead atoms. The molecule has 0 aliphatic rings. The number of nitrogens with zero attached hydrogens (tertiary/aromatic N) is 2. The number of ether oxygens (including phenoxy) is 1. The minimum absolute atomic E-state index is 0.0468. The van der Waals surface area contributed by atoms with E-state index in [4.69, 9.17) is 4.74 Å². The fourth-order valence-electron chi connectivity index (χ4n) is 1.63. The molecule has 5 nitrogen and oxygen atoms in total. The topological polar surface area (TPSA) is 55.6 Å². The van der Waals surface area contributed by atoms with Gasteiger partial charge in [0, 0.05) is 31.9 Å². The van der Waals surface area contributed by atoms with Crippen molar-refractivity contribution in [3.05, 3.63) is 58.6 Å². The molecule has 98 valence electrons. The molecule has 2 rings (SSSR count). The van der Waals surface area contributed by atoms with Crippen LogP contribution in [0.2, 0.25) is 0 Å². The van der Waals surface area contributed by atoms with Gasteiger partial charge in [0.05, 0.1) is 4.92 Å². The van der Waals surface area contributed by atoms with Crippen LogP contribution in [0.25, 0.3) is 0 Å². The number of rotatable bonds is 4. The van der Waals surface area contributed by atoms with E-state index in [9.17, 15) is 10.1 Å². The molecule has 0 saturated heterocycles. The zero-order chi connectivity index (χ0) is 13.8. The van der Waals surface area contributed by atoms with Crippen molar-refractivity contribution >= 4 is 11.4 Å². The molecule has 0 unspecified atom stereocenters.